The molecule has 1 atom stereocenters. The number of carbonyl (C=O) groups is 1. The predicted octanol–water partition coefficient (Wildman–Crippen LogP) is 4.03. The molecule has 0 spiro atoms. The minimum Gasteiger partial charge on any atom is -0.356 e. The van der Waals surface area contributed by atoms with E-state index in [0.29, 0.717) is 19.0 Å². The molecule has 0 aliphatic carbocycles. The molecule has 2 N–H and O–H groups in total. The van der Waals surface area contributed by atoms with Gasteiger partial charge in [0, 0.05) is 39.8 Å². The number of anilines is 2. The number of alkyl halides is 3. The van der Waals surface area contributed by atoms with E-state index in [2.05, 4.69) is 60.2 Å². The van der Waals surface area contributed by atoms with Gasteiger partial charge in [0.1, 0.15) is 0 Å². The average molecular weight is 557 g/mol. The maximum absolute atomic E-state index is 13.8. The Hall–Kier alpha value is -3.57. The summed E-state index contributed by atoms with van der Waals surface area (Å²) >= 11 is 0. The molecule has 214 valence electrons. The number of imidazole rings is 1. The summed E-state index contributed by atoms with van der Waals surface area (Å²) in [6.45, 7) is 9.79. The molecule has 1 saturated heterocycles. The SMILES string of the molecule is CN1c2nc(N3CCN(Cc4ccc(C(C)(C)C)cc4)CC3)n(Cc3ccccc3C(F)(F)F)c2C(=O)NC1O. The maximum atomic E-state index is 13.8. The molecule has 1 amide bonds. The second-order valence-electron chi connectivity index (χ2n) is 11.5. The van der Waals surface area contributed by atoms with Gasteiger partial charge in [-0.05, 0) is 28.2 Å². The highest BCUT2D eigenvalue weighted by molar-refractivity contribution is 6.00. The lowest BCUT2D eigenvalue weighted by molar-refractivity contribution is -0.138. The number of benzene rings is 2. The van der Waals surface area contributed by atoms with Crippen LogP contribution in [0.1, 0.15) is 53.5 Å². The van der Waals surface area contributed by atoms with Crippen LogP contribution in [0, 0.1) is 0 Å². The first-order valence-electron chi connectivity index (χ1n) is 13.4. The highest BCUT2D eigenvalue weighted by Crippen LogP contribution is 2.35. The molecule has 2 aliphatic heterocycles. The molecule has 1 unspecified atom stereocenters. The standard InChI is InChI=1S/C29H35F3N6O2/c1-28(2,3)21-11-9-19(10-12-21)17-36-13-15-37(16-14-36)26-33-24-23(25(39)34-27(40)35(24)4)38(26)18-20-7-5-6-8-22(20)29(30,31)32/h5-12,27,40H,13-18H2,1-4H3,(H,34,39). The van der Waals surface area contributed by atoms with E-state index in [-0.39, 0.29) is 29.0 Å². The first-order valence-corrected chi connectivity index (χ1v) is 13.4. The summed E-state index contributed by atoms with van der Waals surface area (Å²) in [6.07, 6.45) is -5.82. The van der Waals surface area contributed by atoms with Crippen molar-refractivity contribution in [2.24, 2.45) is 0 Å². The van der Waals surface area contributed by atoms with Crippen LogP contribution in [-0.2, 0) is 24.7 Å². The van der Waals surface area contributed by atoms with E-state index in [1.54, 1.807) is 17.7 Å². The molecule has 3 aromatic rings. The molecule has 8 nitrogen and oxygen atoms in total. The number of hydrogen-bond donors (Lipinski definition) is 2. The normalized spacial score (nSPS) is 18.6. The van der Waals surface area contributed by atoms with Crippen molar-refractivity contribution in [2.45, 2.75) is 51.8 Å². The minimum absolute atomic E-state index is 0.0374. The third kappa shape index (κ3) is 5.53. The molecule has 40 heavy (non-hydrogen) atoms. The topological polar surface area (TPSA) is 76.9 Å². The van der Waals surface area contributed by atoms with Crippen molar-refractivity contribution in [2.75, 3.05) is 43.0 Å². The smallest absolute Gasteiger partial charge is 0.356 e. The Kier molecular flexibility index (Phi) is 7.30. The molecule has 2 aromatic carbocycles. The lowest BCUT2D eigenvalue weighted by Gasteiger charge is -2.35. The van der Waals surface area contributed by atoms with Crippen molar-refractivity contribution in [3.05, 3.63) is 76.5 Å². The van der Waals surface area contributed by atoms with E-state index in [4.69, 9.17) is 0 Å². The van der Waals surface area contributed by atoms with E-state index < -0.39 is 24.0 Å². The lowest BCUT2D eigenvalue weighted by atomic mass is 9.87. The van der Waals surface area contributed by atoms with Gasteiger partial charge in [-0.2, -0.15) is 18.2 Å². The molecule has 0 radical (unpaired) electrons. The van der Waals surface area contributed by atoms with Gasteiger partial charge in [-0.3, -0.25) is 14.3 Å². The summed E-state index contributed by atoms with van der Waals surface area (Å²) in [5.41, 5.74) is 2.00. The first kappa shape index (κ1) is 28.0. The summed E-state index contributed by atoms with van der Waals surface area (Å²) in [6, 6.07) is 14.0. The van der Waals surface area contributed by atoms with E-state index in [1.165, 1.54) is 28.2 Å². The first-order chi connectivity index (χ1) is 18.8. The van der Waals surface area contributed by atoms with Gasteiger partial charge in [-0.25, -0.2) is 0 Å². The number of amides is 1. The third-order valence-corrected chi connectivity index (χ3v) is 7.64. The maximum Gasteiger partial charge on any atom is 0.416 e. The number of nitrogens with one attached hydrogen (secondary N) is 1. The molecule has 1 aromatic heterocycles. The minimum atomic E-state index is -4.54. The van der Waals surface area contributed by atoms with Gasteiger partial charge in [0.25, 0.3) is 5.91 Å². The van der Waals surface area contributed by atoms with Crippen LogP contribution in [0.25, 0.3) is 0 Å². The lowest BCUT2D eigenvalue weighted by Crippen LogP contribution is -2.51. The fourth-order valence-corrected chi connectivity index (χ4v) is 5.27. The van der Waals surface area contributed by atoms with E-state index in [9.17, 15) is 23.1 Å². The molecule has 0 bridgehead atoms. The monoisotopic (exact) mass is 556 g/mol. The Morgan fingerprint density at radius 2 is 1.62 bits per heavy atom. The van der Waals surface area contributed by atoms with Crippen molar-refractivity contribution >= 4 is 17.7 Å². The number of halogens is 3. The molecule has 3 heterocycles. The summed E-state index contributed by atoms with van der Waals surface area (Å²) < 4.78 is 42.9. The molecule has 1 fully saturated rings. The van der Waals surface area contributed by atoms with Gasteiger partial charge in [0.15, 0.2) is 11.5 Å². The van der Waals surface area contributed by atoms with Crippen LogP contribution in [-0.4, -0.2) is 65.0 Å². The highest BCUT2D eigenvalue weighted by atomic mass is 19.4. The second-order valence-corrected chi connectivity index (χ2v) is 11.5. The van der Waals surface area contributed by atoms with Crippen molar-refractivity contribution < 1.29 is 23.1 Å². The Morgan fingerprint density at radius 3 is 2.25 bits per heavy atom. The molecule has 11 heteroatoms. The molecular formula is C29H35F3N6O2. The van der Waals surface area contributed by atoms with E-state index >= 15 is 0 Å². The van der Waals surface area contributed by atoms with Crippen LogP contribution >= 0.6 is 0 Å². The number of hydrogen-bond acceptors (Lipinski definition) is 6. The Labute approximate surface area is 232 Å². The molecular weight excluding hydrogens is 521 g/mol. The van der Waals surface area contributed by atoms with Gasteiger partial charge in [0.2, 0.25) is 12.3 Å². The molecule has 5 rings (SSSR count). The van der Waals surface area contributed by atoms with Crippen LogP contribution in [0.2, 0.25) is 0 Å². The van der Waals surface area contributed by atoms with Crippen molar-refractivity contribution in [3.8, 4) is 0 Å². The van der Waals surface area contributed by atoms with E-state index in [1.807, 2.05) is 4.90 Å². The van der Waals surface area contributed by atoms with Crippen molar-refractivity contribution in [3.63, 3.8) is 0 Å². The predicted molar refractivity (Wildman–Crippen MR) is 147 cm³/mol. The number of carbonyl (C=O) groups excluding carboxylic acids is 1. The number of aliphatic hydroxyl groups is 1. The number of aromatic nitrogens is 2. The second kappa shape index (κ2) is 10.4. The quantitative estimate of drug-likeness (QED) is 0.495. The third-order valence-electron chi connectivity index (χ3n) is 7.64. The molecule has 2 aliphatic rings. The van der Waals surface area contributed by atoms with Gasteiger partial charge < -0.3 is 20.2 Å². The average Bonchev–Trinajstić information content (AvgIpc) is 3.27. The van der Waals surface area contributed by atoms with Crippen LogP contribution in [0.4, 0.5) is 24.9 Å². The fourth-order valence-electron chi connectivity index (χ4n) is 5.27. The number of fused-ring (bicyclic) bond motifs is 1. The van der Waals surface area contributed by atoms with Crippen LogP contribution < -0.4 is 15.1 Å². The molecule has 0 saturated carbocycles. The Balaban J connectivity index is 1.40. The largest absolute Gasteiger partial charge is 0.416 e. The van der Waals surface area contributed by atoms with Crippen LogP contribution in [0.5, 0.6) is 0 Å². The fraction of sp³-hybridized carbons (Fsp3) is 0.448. The van der Waals surface area contributed by atoms with E-state index in [0.717, 1.165) is 25.7 Å². The van der Waals surface area contributed by atoms with Gasteiger partial charge in [-0.15, -0.1) is 0 Å². The summed E-state index contributed by atoms with van der Waals surface area (Å²) in [7, 11) is 1.58. The zero-order valence-corrected chi connectivity index (χ0v) is 23.2. The van der Waals surface area contributed by atoms with Gasteiger partial charge in [0.05, 0.1) is 12.1 Å². The summed E-state index contributed by atoms with van der Waals surface area (Å²) in [5.74, 6) is 0.0607. The highest BCUT2D eigenvalue weighted by Gasteiger charge is 2.38. The number of piperazine rings is 1. The van der Waals surface area contributed by atoms with Crippen LogP contribution in [0.15, 0.2) is 48.5 Å². The number of nitrogens with zero attached hydrogens (tertiary/aromatic N) is 5. The number of aliphatic hydroxyl groups excluding tert-OH is 1. The van der Waals surface area contributed by atoms with Gasteiger partial charge >= 0.3 is 6.18 Å². The van der Waals surface area contributed by atoms with Crippen molar-refractivity contribution in [1.82, 2.24) is 19.8 Å². The number of rotatable bonds is 5. The zero-order valence-electron chi connectivity index (χ0n) is 23.2. The Bertz CT molecular complexity index is 1370. The zero-order chi connectivity index (χ0) is 28.8. The summed E-state index contributed by atoms with van der Waals surface area (Å²) in [4.78, 5) is 23.4. The van der Waals surface area contributed by atoms with Gasteiger partial charge in [-0.1, -0.05) is 63.2 Å². The van der Waals surface area contributed by atoms with Crippen LogP contribution in [0.3, 0.4) is 0 Å². The van der Waals surface area contributed by atoms with Crippen molar-refractivity contribution in [1.29, 1.82) is 0 Å². The Morgan fingerprint density at radius 1 is 0.975 bits per heavy atom. The summed E-state index contributed by atoms with van der Waals surface area (Å²) in [5, 5.41) is 12.7.